The lowest BCUT2D eigenvalue weighted by Crippen LogP contribution is -2.42. The second-order valence-electron chi connectivity index (χ2n) is 6.50. The molecule has 1 amide bonds. The van der Waals surface area contributed by atoms with Crippen LogP contribution in [0, 0.1) is 6.92 Å². The van der Waals surface area contributed by atoms with E-state index in [4.69, 9.17) is 4.74 Å². The van der Waals surface area contributed by atoms with Crippen LogP contribution in [-0.2, 0) is 14.8 Å². The normalized spacial score (nSPS) is 16.2. The molecule has 2 aromatic carbocycles. The van der Waals surface area contributed by atoms with E-state index in [2.05, 4.69) is 21.2 Å². The lowest BCUT2D eigenvalue weighted by Gasteiger charge is -2.29. The summed E-state index contributed by atoms with van der Waals surface area (Å²) in [6.45, 7) is 2.04. The first-order chi connectivity index (χ1) is 12.8. The van der Waals surface area contributed by atoms with Crippen LogP contribution in [-0.4, -0.2) is 33.7 Å². The molecule has 1 aliphatic rings. The van der Waals surface area contributed by atoms with Crippen LogP contribution in [0.2, 0.25) is 0 Å². The first-order valence-corrected chi connectivity index (χ1v) is 11.1. The Labute approximate surface area is 167 Å². The molecule has 0 fully saturated rings. The summed E-state index contributed by atoms with van der Waals surface area (Å²) in [6.07, 6.45) is 1.73. The molecule has 144 valence electrons. The molecule has 8 heteroatoms. The summed E-state index contributed by atoms with van der Waals surface area (Å²) in [5, 5.41) is 2.95. The number of carbonyl (C=O) groups excluding carboxylic acids is 1. The highest BCUT2D eigenvalue weighted by molar-refractivity contribution is 9.10. The molecule has 1 heterocycles. The molecule has 0 bridgehead atoms. The Morgan fingerprint density at radius 1 is 1.30 bits per heavy atom. The minimum atomic E-state index is -3.60. The predicted molar refractivity (Wildman–Crippen MR) is 109 cm³/mol. The summed E-state index contributed by atoms with van der Waals surface area (Å²) in [5.74, 6) is 0.370. The van der Waals surface area contributed by atoms with Gasteiger partial charge in [-0.05, 0) is 36.8 Å². The fraction of sp³-hybridized carbons (Fsp3) is 0.316. The lowest BCUT2D eigenvalue weighted by molar-refractivity contribution is -0.120. The third-order valence-corrected chi connectivity index (χ3v) is 6.04. The fourth-order valence-electron chi connectivity index (χ4n) is 3.11. The van der Waals surface area contributed by atoms with Gasteiger partial charge >= 0.3 is 0 Å². The minimum Gasteiger partial charge on any atom is -0.493 e. The molecule has 6 nitrogen and oxygen atoms in total. The molecule has 1 N–H and O–H groups in total. The highest BCUT2D eigenvalue weighted by Gasteiger charge is 2.26. The molecule has 0 spiro atoms. The Bertz CT molecular complexity index is 962. The summed E-state index contributed by atoms with van der Waals surface area (Å²) in [7, 11) is -3.60. The van der Waals surface area contributed by atoms with Crippen LogP contribution >= 0.6 is 15.9 Å². The van der Waals surface area contributed by atoms with Crippen LogP contribution in [0.15, 0.2) is 46.9 Å². The second-order valence-corrected chi connectivity index (χ2v) is 9.32. The Balaban J connectivity index is 1.81. The number of benzene rings is 2. The van der Waals surface area contributed by atoms with Crippen LogP contribution in [0.1, 0.15) is 23.6 Å². The topological polar surface area (TPSA) is 75.7 Å². The van der Waals surface area contributed by atoms with E-state index in [1.165, 1.54) is 0 Å². The van der Waals surface area contributed by atoms with Gasteiger partial charge in [-0.15, -0.1) is 0 Å². The molecule has 0 aromatic heterocycles. The molecule has 0 aliphatic carbocycles. The van der Waals surface area contributed by atoms with E-state index in [0.29, 0.717) is 18.7 Å². The zero-order valence-electron chi connectivity index (χ0n) is 15.1. The minimum absolute atomic E-state index is 0.225. The Morgan fingerprint density at radius 3 is 2.74 bits per heavy atom. The van der Waals surface area contributed by atoms with Gasteiger partial charge in [0, 0.05) is 16.5 Å². The van der Waals surface area contributed by atoms with Gasteiger partial charge in [-0.2, -0.15) is 0 Å². The highest BCUT2D eigenvalue weighted by Crippen LogP contribution is 2.34. The van der Waals surface area contributed by atoms with E-state index in [9.17, 15) is 13.2 Å². The van der Waals surface area contributed by atoms with Crippen LogP contribution in [0.4, 0.5) is 5.69 Å². The zero-order chi connectivity index (χ0) is 19.6. The molecule has 3 rings (SSSR count). The van der Waals surface area contributed by atoms with Crippen molar-refractivity contribution in [2.75, 3.05) is 23.7 Å². The fourth-order valence-corrected chi connectivity index (χ4v) is 4.40. The standard InChI is InChI=1S/C19H21BrN2O4S/c1-13-5-3-4-6-17(13)22(27(2,24)25)12-19(23)21-16-9-10-26-18-8-7-14(20)11-15(16)18/h3-8,11,16H,9-10,12H2,1-2H3,(H,21,23). The Morgan fingerprint density at radius 2 is 2.04 bits per heavy atom. The van der Waals surface area contributed by atoms with Crippen molar-refractivity contribution in [3.05, 3.63) is 58.1 Å². The van der Waals surface area contributed by atoms with Crippen LogP contribution in [0.5, 0.6) is 5.75 Å². The number of halogens is 1. The summed E-state index contributed by atoms with van der Waals surface area (Å²) in [5.41, 5.74) is 2.17. The number of sulfonamides is 1. The number of fused-ring (bicyclic) bond motifs is 1. The van der Waals surface area contributed by atoms with Crippen molar-refractivity contribution in [3.8, 4) is 5.75 Å². The average molecular weight is 453 g/mol. The molecular formula is C19H21BrN2O4S. The predicted octanol–water partition coefficient (Wildman–Crippen LogP) is 3.16. The Hall–Kier alpha value is -2.06. The van der Waals surface area contributed by atoms with Gasteiger partial charge in [-0.1, -0.05) is 34.1 Å². The molecule has 0 radical (unpaired) electrons. The van der Waals surface area contributed by atoms with Gasteiger partial charge in [0.15, 0.2) is 0 Å². The van der Waals surface area contributed by atoms with Gasteiger partial charge in [0.1, 0.15) is 12.3 Å². The zero-order valence-corrected chi connectivity index (χ0v) is 17.5. The van der Waals surface area contributed by atoms with Gasteiger partial charge in [0.2, 0.25) is 15.9 Å². The molecule has 0 saturated heterocycles. The van der Waals surface area contributed by atoms with Crippen LogP contribution < -0.4 is 14.4 Å². The van der Waals surface area contributed by atoms with Gasteiger partial charge in [0.05, 0.1) is 24.6 Å². The van der Waals surface area contributed by atoms with Crippen LogP contribution in [0.25, 0.3) is 0 Å². The number of para-hydroxylation sites is 1. The number of nitrogens with zero attached hydrogens (tertiary/aromatic N) is 1. The van der Waals surface area contributed by atoms with E-state index in [-0.39, 0.29) is 18.5 Å². The van der Waals surface area contributed by atoms with E-state index >= 15 is 0 Å². The van der Waals surface area contributed by atoms with Crippen molar-refractivity contribution in [2.24, 2.45) is 0 Å². The van der Waals surface area contributed by atoms with Crippen molar-refractivity contribution >= 4 is 37.5 Å². The van der Waals surface area contributed by atoms with Crippen molar-refractivity contribution in [3.63, 3.8) is 0 Å². The van der Waals surface area contributed by atoms with Crippen molar-refractivity contribution < 1.29 is 17.9 Å². The number of ether oxygens (including phenoxy) is 1. The Kier molecular flexibility index (Phi) is 5.76. The number of anilines is 1. The second kappa shape index (κ2) is 7.90. The number of hydrogen-bond donors (Lipinski definition) is 1. The molecule has 1 aliphatic heterocycles. The SMILES string of the molecule is Cc1ccccc1N(CC(=O)NC1CCOc2ccc(Br)cc21)S(C)(=O)=O. The smallest absolute Gasteiger partial charge is 0.241 e. The number of hydrogen-bond acceptors (Lipinski definition) is 4. The van der Waals surface area contributed by atoms with E-state index in [1.807, 2.05) is 37.3 Å². The summed E-state index contributed by atoms with van der Waals surface area (Å²) in [6, 6.07) is 12.5. The molecule has 2 aromatic rings. The lowest BCUT2D eigenvalue weighted by atomic mass is 10.0. The molecule has 27 heavy (non-hydrogen) atoms. The van der Waals surface area contributed by atoms with Gasteiger partial charge in [0.25, 0.3) is 0 Å². The van der Waals surface area contributed by atoms with Gasteiger partial charge in [-0.25, -0.2) is 8.42 Å². The molecule has 0 saturated carbocycles. The highest BCUT2D eigenvalue weighted by atomic mass is 79.9. The van der Waals surface area contributed by atoms with Crippen molar-refractivity contribution in [2.45, 2.75) is 19.4 Å². The quantitative estimate of drug-likeness (QED) is 0.755. The van der Waals surface area contributed by atoms with Gasteiger partial charge < -0.3 is 10.1 Å². The molecule has 1 unspecified atom stereocenters. The maximum Gasteiger partial charge on any atom is 0.241 e. The molecular weight excluding hydrogens is 432 g/mol. The summed E-state index contributed by atoms with van der Waals surface area (Å²) in [4.78, 5) is 12.7. The van der Waals surface area contributed by atoms with Gasteiger partial charge in [-0.3, -0.25) is 9.10 Å². The number of aryl methyl sites for hydroxylation is 1. The maximum atomic E-state index is 12.7. The first kappa shape index (κ1) is 19.7. The average Bonchev–Trinajstić information content (AvgIpc) is 2.60. The third kappa shape index (κ3) is 4.62. The van der Waals surface area contributed by atoms with Crippen LogP contribution in [0.3, 0.4) is 0 Å². The maximum absolute atomic E-state index is 12.7. The summed E-state index contributed by atoms with van der Waals surface area (Å²) < 4.78 is 32.2. The van der Waals surface area contributed by atoms with E-state index < -0.39 is 10.0 Å². The molecule has 1 atom stereocenters. The summed E-state index contributed by atoms with van der Waals surface area (Å²) >= 11 is 3.43. The number of nitrogens with one attached hydrogen (secondary N) is 1. The van der Waals surface area contributed by atoms with E-state index in [0.717, 1.165) is 31.9 Å². The number of carbonyl (C=O) groups is 1. The van der Waals surface area contributed by atoms with Crippen molar-refractivity contribution in [1.29, 1.82) is 0 Å². The number of amides is 1. The number of rotatable bonds is 5. The third-order valence-electron chi connectivity index (χ3n) is 4.42. The monoisotopic (exact) mass is 452 g/mol. The first-order valence-electron chi connectivity index (χ1n) is 8.50. The van der Waals surface area contributed by atoms with Crippen molar-refractivity contribution in [1.82, 2.24) is 5.32 Å². The largest absolute Gasteiger partial charge is 0.493 e. The van der Waals surface area contributed by atoms with E-state index in [1.54, 1.807) is 12.1 Å².